The second kappa shape index (κ2) is 5.98. The minimum absolute atomic E-state index is 0.270. The van der Waals surface area contributed by atoms with Crippen LogP contribution in [-0.4, -0.2) is 21.4 Å². The molecule has 32 heavy (non-hydrogen) atoms. The zero-order chi connectivity index (χ0) is 21.3. The summed E-state index contributed by atoms with van der Waals surface area (Å²) in [5.74, 6) is 0.0427. The second-order valence-corrected chi connectivity index (χ2v) is 7.76. The zero-order valence-corrected chi connectivity index (χ0v) is 16.6. The van der Waals surface area contributed by atoms with Gasteiger partial charge >= 0.3 is 0 Å². The van der Waals surface area contributed by atoms with Gasteiger partial charge in [-0.2, -0.15) is 4.99 Å². The summed E-state index contributed by atoms with van der Waals surface area (Å²) in [6, 6.07) is 25.0. The molecule has 0 bridgehead atoms. The first kappa shape index (κ1) is 17.1. The minimum atomic E-state index is -1.39. The van der Waals surface area contributed by atoms with E-state index in [0.29, 0.717) is 28.4 Å². The molecule has 2 N–H and O–H groups in total. The lowest BCUT2D eigenvalue weighted by molar-refractivity contribution is -0.121. The fraction of sp³-hybridized carbons (Fsp3) is 0.0417. The summed E-state index contributed by atoms with van der Waals surface area (Å²) in [4.78, 5) is 32.7. The molecule has 7 rings (SSSR count). The van der Waals surface area contributed by atoms with Crippen molar-refractivity contribution in [3.05, 3.63) is 95.5 Å². The molecule has 1 spiro atoms. The molecule has 3 aliphatic rings. The number of amides is 1. The maximum atomic E-state index is 13.6. The number of nitrogens with one attached hydrogen (secondary N) is 2. The van der Waals surface area contributed by atoms with Gasteiger partial charge in [0.25, 0.3) is 11.6 Å². The largest absolute Gasteiger partial charge is 0.324 e. The Hall–Kier alpha value is -4.59. The molecule has 152 valence electrons. The Kier molecular flexibility index (Phi) is 3.20. The lowest BCUT2D eigenvalue weighted by atomic mass is 10.0. The Morgan fingerprint density at radius 3 is 2.56 bits per heavy atom. The molecule has 0 radical (unpaired) electrons. The van der Waals surface area contributed by atoms with Crippen molar-refractivity contribution >= 4 is 28.9 Å². The van der Waals surface area contributed by atoms with E-state index >= 15 is 0 Å². The van der Waals surface area contributed by atoms with E-state index in [9.17, 15) is 4.79 Å². The van der Waals surface area contributed by atoms with Crippen molar-refractivity contribution in [2.45, 2.75) is 5.66 Å². The first-order valence-corrected chi connectivity index (χ1v) is 10.2. The lowest BCUT2D eigenvalue weighted by Gasteiger charge is -2.27. The van der Waals surface area contributed by atoms with Crippen LogP contribution in [0.1, 0.15) is 5.56 Å². The number of benzene rings is 3. The third-order valence-corrected chi connectivity index (χ3v) is 5.92. The van der Waals surface area contributed by atoms with Crippen molar-refractivity contribution in [2.24, 2.45) is 15.0 Å². The highest BCUT2D eigenvalue weighted by Crippen LogP contribution is 2.41. The maximum absolute atomic E-state index is 13.6. The number of hydrogen-bond acceptors (Lipinski definition) is 6. The topological polar surface area (TPSA) is 96.0 Å². The van der Waals surface area contributed by atoms with Crippen LogP contribution in [0.2, 0.25) is 0 Å². The molecule has 8 heteroatoms. The van der Waals surface area contributed by atoms with Crippen LogP contribution >= 0.6 is 0 Å². The van der Waals surface area contributed by atoms with Gasteiger partial charge in [-0.3, -0.25) is 9.36 Å². The van der Waals surface area contributed by atoms with Crippen LogP contribution in [0.3, 0.4) is 0 Å². The maximum Gasteiger partial charge on any atom is 0.278 e. The number of aromatic nitrogens is 2. The Morgan fingerprint density at radius 1 is 0.875 bits per heavy atom. The molecule has 4 aromatic rings. The van der Waals surface area contributed by atoms with Gasteiger partial charge in [0.1, 0.15) is 5.69 Å². The molecular formula is C24H15N7O. The molecule has 0 aliphatic carbocycles. The number of nitrogens with zero attached hydrogens (tertiary/aromatic N) is 5. The molecule has 3 aliphatic heterocycles. The summed E-state index contributed by atoms with van der Waals surface area (Å²) in [6.45, 7) is 0. The summed E-state index contributed by atoms with van der Waals surface area (Å²) in [6.07, 6.45) is 0. The van der Waals surface area contributed by atoms with E-state index in [1.165, 1.54) is 0 Å². The highest BCUT2D eigenvalue weighted by Gasteiger charge is 2.52. The number of guanidine groups is 1. The van der Waals surface area contributed by atoms with Gasteiger partial charge in [0.15, 0.2) is 5.49 Å². The third kappa shape index (κ3) is 2.12. The molecule has 1 amide bonds. The number of fused-ring (bicyclic) bond motifs is 8. The van der Waals surface area contributed by atoms with Gasteiger partial charge in [-0.1, -0.05) is 54.6 Å². The van der Waals surface area contributed by atoms with E-state index in [2.05, 4.69) is 15.6 Å². The minimum Gasteiger partial charge on any atom is -0.324 e. The van der Waals surface area contributed by atoms with Gasteiger partial charge in [0.2, 0.25) is 11.6 Å². The molecule has 1 atom stereocenters. The Labute approximate surface area is 181 Å². The van der Waals surface area contributed by atoms with Gasteiger partial charge in [0, 0.05) is 22.5 Å². The zero-order valence-electron chi connectivity index (χ0n) is 16.6. The van der Waals surface area contributed by atoms with Crippen molar-refractivity contribution in [1.82, 2.24) is 9.55 Å². The summed E-state index contributed by atoms with van der Waals surface area (Å²) in [7, 11) is 0. The van der Waals surface area contributed by atoms with Gasteiger partial charge in [-0.05, 0) is 24.3 Å². The van der Waals surface area contributed by atoms with Gasteiger partial charge in [-0.25, -0.2) is 15.0 Å². The first-order valence-electron chi connectivity index (χ1n) is 10.2. The van der Waals surface area contributed by atoms with Crippen LogP contribution in [0, 0.1) is 0 Å². The number of carbonyl (C=O) groups is 1. The molecule has 0 unspecified atom stereocenters. The number of hydrogen-bond donors (Lipinski definition) is 2. The number of carbonyl (C=O) groups excluding carboxylic acids is 1. The predicted octanol–water partition coefficient (Wildman–Crippen LogP) is 2.57. The summed E-state index contributed by atoms with van der Waals surface area (Å²) in [5.41, 5.74) is 4.28. The van der Waals surface area contributed by atoms with Crippen molar-refractivity contribution < 1.29 is 4.79 Å². The van der Waals surface area contributed by atoms with Crippen LogP contribution in [0.4, 0.5) is 17.1 Å². The van der Waals surface area contributed by atoms with E-state index in [0.717, 1.165) is 22.5 Å². The van der Waals surface area contributed by atoms with Crippen LogP contribution in [0.25, 0.3) is 11.3 Å². The van der Waals surface area contributed by atoms with Crippen molar-refractivity contribution in [3.63, 3.8) is 0 Å². The molecule has 1 aromatic heterocycles. The number of rotatable bonds is 1. The first-order chi connectivity index (χ1) is 15.7. The van der Waals surface area contributed by atoms with Gasteiger partial charge in [-0.15, -0.1) is 0 Å². The summed E-state index contributed by atoms with van der Waals surface area (Å²) in [5, 5.41) is 6.21. The van der Waals surface area contributed by atoms with E-state index in [-0.39, 0.29) is 5.91 Å². The van der Waals surface area contributed by atoms with E-state index in [4.69, 9.17) is 15.0 Å². The Morgan fingerprint density at radius 2 is 1.66 bits per heavy atom. The molecular weight excluding hydrogens is 402 g/mol. The standard InChI is InChI=1S/C24H15N7O/c32-21-24(16-11-5-7-13-18(16)27-21)30-22(25-14-8-2-1-3-9-14)29-23-28-19-15-10-4-6-12-17(15)26-20(19)31(23)24/h1-13H,(H,25,30)(H,27,32)/t24-/m0/s1. The SMILES string of the molecule is O=C1Nc2ccccc2[C@@]12N=C(Nc1ccccc1)N=c1nc3c(n12)=Nc1ccccc1-3. The van der Waals surface area contributed by atoms with Crippen LogP contribution in [0.5, 0.6) is 0 Å². The smallest absolute Gasteiger partial charge is 0.278 e. The van der Waals surface area contributed by atoms with Gasteiger partial charge in [0.05, 0.1) is 5.69 Å². The highest BCUT2D eigenvalue weighted by atomic mass is 16.2. The number of aliphatic imine (C=N–C) groups is 1. The Bertz CT molecular complexity index is 1600. The molecule has 3 aromatic carbocycles. The number of anilines is 2. The van der Waals surface area contributed by atoms with Crippen LogP contribution in [0.15, 0.2) is 93.8 Å². The third-order valence-electron chi connectivity index (χ3n) is 5.92. The molecule has 8 nitrogen and oxygen atoms in total. The number of imidazole rings is 1. The predicted molar refractivity (Wildman–Crippen MR) is 119 cm³/mol. The van der Waals surface area contributed by atoms with Crippen molar-refractivity contribution in [1.29, 1.82) is 0 Å². The van der Waals surface area contributed by atoms with E-state index in [1.54, 1.807) is 4.57 Å². The van der Waals surface area contributed by atoms with Crippen LogP contribution in [-0.2, 0) is 10.5 Å². The monoisotopic (exact) mass is 417 g/mol. The molecule has 4 heterocycles. The van der Waals surface area contributed by atoms with Crippen molar-refractivity contribution in [2.75, 3.05) is 10.6 Å². The highest BCUT2D eigenvalue weighted by molar-refractivity contribution is 6.08. The Balaban J connectivity index is 1.54. The van der Waals surface area contributed by atoms with E-state index in [1.807, 2.05) is 78.9 Å². The quantitative estimate of drug-likeness (QED) is 0.439. The normalized spacial score (nSPS) is 19.1. The van der Waals surface area contributed by atoms with Crippen molar-refractivity contribution in [3.8, 4) is 11.3 Å². The second-order valence-electron chi connectivity index (χ2n) is 7.76. The fourth-order valence-corrected chi connectivity index (χ4v) is 4.53. The van der Waals surface area contributed by atoms with Crippen LogP contribution < -0.4 is 21.7 Å². The lowest BCUT2D eigenvalue weighted by Crippen LogP contribution is -2.53. The summed E-state index contributed by atoms with van der Waals surface area (Å²) < 4.78 is 1.75. The summed E-state index contributed by atoms with van der Waals surface area (Å²) >= 11 is 0. The molecule has 0 saturated carbocycles. The fourth-order valence-electron chi connectivity index (χ4n) is 4.53. The number of para-hydroxylation sites is 3. The molecule has 0 saturated heterocycles. The van der Waals surface area contributed by atoms with Gasteiger partial charge < -0.3 is 10.6 Å². The molecule has 0 fully saturated rings. The van der Waals surface area contributed by atoms with E-state index < -0.39 is 5.66 Å². The average molecular weight is 417 g/mol. The average Bonchev–Trinajstić information content (AvgIpc) is 3.43.